The molecule has 4 rings (SSSR count). The van der Waals surface area contributed by atoms with Gasteiger partial charge in [-0.1, -0.05) is 24.3 Å². The second-order valence-electron chi connectivity index (χ2n) is 6.71. The summed E-state index contributed by atoms with van der Waals surface area (Å²) >= 11 is 0. The van der Waals surface area contributed by atoms with Gasteiger partial charge in [0.15, 0.2) is 0 Å². The second-order valence-corrected chi connectivity index (χ2v) is 6.71. The summed E-state index contributed by atoms with van der Waals surface area (Å²) in [6.07, 6.45) is 8.38. The second kappa shape index (κ2) is 7.09. The summed E-state index contributed by atoms with van der Waals surface area (Å²) in [6.45, 7) is 0.854. The van der Waals surface area contributed by atoms with E-state index in [1.807, 2.05) is 35.4 Å². The van der Waals surface area contributed by atoms with Gasteiger partial charge in [0.2, 0.25) is 5.91 Å². The number of rotatable bonds is 5. The number of H-pyrrole nitrogens is 1. The van der Waals surface area contributed by atoms with Crippen LogP contribution in [0.3, 0.4) is 0 Å². The van der Waals surface area contributed by atoms with Gasteiger partial charge in [-0.3, -0.25) is 9.78 Å². The number of para-hydroxylation sites is 1. The molecule has 0 saturated carbocycles. The van der Waals surface area contributed by atoms with E-state index in [2.05, 4.69) is 34.4 Å². The minimum Gasteiger partial charge on any atom is -0.361 e. The molecule has 25 heavy (non-hydrogen) atoms. The van der Waals surface area contributed by atoms with Gasteiger partial charge in [0.25, 0.3) is 0 Å². The molecule has 0 aliphatic carbocycles. The number of pyridine rings is 1. The molecule has 0 bridgehead atoms. The van der Waals surface area contributed by atoms with E-state index in [1.54, 1.807) is 0 Å². The number of nitrogens with one attached hydrogen (secondary N) is 1. The van der Waals surface area contributed by atoms with E-state index in [-0.39, 0.29) is 11.9 Å². The van der Waals surface area contributed by atoms with Crippen LogP contribution < -0.4 is 0 Å². The molecule has 1 fully saturated rings. The average Bonchev–Trinajstić information content (AvgIpc) is 3.30. The largest absolute Gasteiger partial charge is 0.361 e. The fraction of sp³-hybridized carbons (Fsp3) is 0.333. The SMILES string of the molecule is O=C(CCCc1c[nH]c2ccccc12)N1CCC[C@@H]1c1ccccn1. The van der Waals surface area contributed by atoms with Gasteiger partial charge in [-0.2, -0.15) is 0 Å². The number of carbonyl (C=O) groups is 1. The lowest BCUT2D eigenvalue weighted by molar-refractivity contribution is -0.132. The molecule has 1 aromatic carbocycles. The maximum Gasteiger partial charge on any atom is 0.223 e. The van der Waals surface area contributed by atoms with Gasteiger partial charge in [0.1, 0.15) is 0 Å². The van der Waals surface area contributed by atoms with Gasteiger partial charge >= 0.3 is 0 Å². The number of hydrogen-bond acceptors (Lipinski definition) is 2. The van der Waals surface area contributed by atoms with Crippen LogP contribution in [0.2, 0.25) is 0 Å². The number of aromatic nitrogens is 2. The number of hydrogen-bond donors (Lipinski definition) is 1. The Balaban J connectivity index is 1.37. The van der Waals surface area contributed by atoms with Crippen LogP contribution in [-0.4, -0.2) is 27.3 Å². The Morgan fingerprint density at radius 3 is 2.96 bits per heavy atom. The van der Waals surface area contributed by atoms with Gasteiger partial charge in [-0.05, 0) is 49.4 Å². The Labute approximate surface area is 147 Å². The van der Waals surface area contributed by atoms with Crippen LogP contribution in [0.15, 0.2) is 54.9 Å². The van der Waals surface area contributed by atoms with Gasteiger partial charge in [-0.25, -0.2) is 0 Å². The van der Waals surface area contributed by atoms with Gasteiger partial charge < -0.3 is 9.88 Å². The van der Waals surface area contributed by atoms with Crippen molar-refractivity contribution in [2.75, 3.05) is 6.54 Å². The Kier molecular flexibility index (Phi) is 4.51. The third kappa shape index (κ3) is 3.29. The number of carbonyl (C=O) groups excluding carboxylic acids is 1. The lowest BCUT2D eigenvalue weighted by Gasteiger charge is -2.24. The van der Waals surface area contributed by atoms with Crippen molar-refractivity contribution in [2.45, 2.75) is 38.1 Å². The quantitative estimate of drug-likeness (QED) is 0.759. The van der Waals surface area contributed by atoms with Crippen molar-refractivity contribution in [1.82, 2.24) is 14.9 Å². The zero-order chi connectivity index (χ0) is 17.1. The van der Waals surface area contributed by atoms with E-state index in [4.69, 9.17) is 0 Å². The monoisotopic (exact) mass is 333 g/mol. The van der Waals surface area contributed by atoms with E-state index in [1.165, 1.54) is 16.5 Å². The molecule has 1 aliphatic heterocycles. The molecule has 0 spiro atoms. The minimum atomic E-state index is 0.154. The summed E-state index contributed by atoms with van der Waals surface area (Å²) in [7, 11) is 0. The first-order chi connectivity index (χ1) is 12.3. The van der Waals surface area contributed by atoms with Crippen LogP contribution >= 0.6 is 0 Å². The molecule has 1 saturated heterocycles. The molecule has 2 aromatic heterocycles. The van der Waals surface area contributed by atoms with E-state index in [9.17, 15) is 4.79 Å². The Hall–Kier alpha value is -2.62. The number of likely N-dealkylation sites (tertiary alicyclic amines) is 1. The Morgan fingerprint density at radius 2 is 2.08 bits per heavy atom. The van der Waals surface area contributed by atoms with Crippen molar-refractivity contribution in [3.05, 3.63) is 66.1 Å². The van der Waals surface area contributed by atoms with Crippen molar-refractivity contribution < 1.29 is 4.79 Å². The fourth-order valence-electron chi connectivity index (χ4n) is 3.86. The number of amides is 1. The van der Waals surface area contributed by atoms with Crippen molar-refractivity contribution in [2.24, 2.45) is 0 Å². The zero-order valence-corrected chi connectivity index (χ0v) is 14.3. The van der Waals surface area contributed by atoms with Crippen molar-refractivity contribution >= 4 is 16.8 Å². The van der Waals surface area contributed by atoms with Gasteiger partial charge in [-0.15, -0.1) is 0 Å². The smallest absolute Gasteiger partial charge is 0.223 e. The molecular weight excluding hydrogens is 310 g/mol. The Morgan fingerprint density at radius 1 is 1.20 bits per heavy atom. The van der Waals surface area contributed by atoms with Crippen molar-refractivity contribution in [1.29, 1.82) is 0 Å². The standard InChI is InChI=1S/C21H23N3O/c25-21(24-14-6-11-20(24)19-10-3-4-13-22-19)12-5-7-16-15-23-18-9-2-1-8-17(16)18/h1-4,8-10,13,15,20,23H,5-7,11-12,14H2/t20-/m1/s1. The van der Waals surface area contributed by atoms with E-state index >= 15 is 0 Å². The topological polar surface area (TPSA) is 49.0 Å². The number of benzene rings is 1. The average molecular weight is 333 g/mol. The third-order valence-corrected chi connectivity index (χ3v) is 5.11. The summed E-state index contributed by atoms with van der Waals surface area (Å²) in [6, 6.07) is 14.4. The van der Waals surface area contributed by atoms with Crippen LogP contribution in [0.4, 0.5) is 0 Å². The first-order valence-corrected chi connectivity index (χ1v) is 9.08. The summed E-state index contributed by atoms with van der Waals surface area (Å²) < 4.78 is 0. The first-order valence-electron chi connectivity index (χ1n) is 9.08. The zero-order valence-electron chi connectivity index (χ0n) is 14.3. The molecule has 3 heterocycles. The first kappa shape index (κ1) is 15.9. The molecule has 4 heteroatoms. The highest BCUT2D eigenvalue weighted by atomic mass is 16.2. The van der Waals surface area contributed by atoms with Crippen LogP contribution in [0.1, 0.15) is 43.0 Å². The highest BCUT2D eigenvalue weighted by Gasteiger charge is 2.30. The molecule has 128 valence electrons. The van der Waals surface area contributed by atoms with E-state index in [0.29, 0.717) is 6.42 Å². The molecule has 0 radical (unpaired) electrons. The van der Waals surface area contributed by atoms with Crippen molar-refractivity contribution in [3.8, 4) is 0 Å². The van der Waals surface area contributed by atoms with Crippen LogP contribution in [-0.2, 0) is 11.2 Å². The molecule has 1 amide bonds. The van der Waals surface area contributed by atoms with E-state index < -0.39 is 0 Å². The normalized spacial score (nSPS) is 17.3. The number of nitrogens with zero attached hydrogens (tertiary/aromatic N) is 2. The summed E-state index contributed by atoms with van der Waals surface area (Å²) in [5.41, 5.74) is 3.48. The van der Waals surface area contributed by atoms with Gasteiger partial charge in [0.05, 0.1) is 11.7 Å². The molecular formula is C21H23N3O. The lowest BCUT2D eigenvalue weighted by atomic mass is 10.1. The summed E-state index contributed by atoms with van der Waals surface area (Å²) in [5.74, 6) is 0.257. The summed E-state index contributed by atoms with van der Waals surface area (Å²) in [4.78, 5) is 22.5. The molecule has 1 aliphatic rings. The predicted octanol–water partition coefficient (Wildman–Crippen LogP) is 4.25. The minimum absolute atomic E-state index is 0.154. The molecule has 3 aromatic rings. The summed E-state index contributed by atoms with van der Waals surface area (Å²) in [5, 5.41) is 1.27. The van der Waals surface area contributed by atoms with E-state index in [0.717, 1.165) is 37.9 Å². The maximum atomic E-state index is 12.7. The molecule has 0 unspecified atom stereocenters. The predicted molar refractivity (Wildman–Crippen MR) is 99.2 cm³/mol. The maximum absolute atomic E-state index is 12.7. The molecule has 4 nitrogen and oxygen atoms in total. The Bertz CT molecular complexity index is 856. The van der Waals surface area contributed by atoms with Crippen LogP contribution in [0.25, 0.3) is 10.9 Å². The highest BCUT2D eigenvalue weighted by molar-refractivity contribution is 5.83. The number of aryl methyl sites for hydroxylation is 1. The third-order valence-electron chi connectivity index (χ3n) is 5.11. The van der Waals surface area contributed by atoms with Crippen LogP contribution in [0, 0.1) is 0 Å². The number of aromatic amines is 1. The molecule has 1 atom stereocenters. The lowest BCUT2D eigenvalue weighted by Crippen LogP contribution is -2.30. The van der Waals surface area contributed by atoms with Crippen LogP contribution in [0.5, 0.6) is 0 Å². The van der Waals surface area contributed by atoms with Gasteiger partial charge in [0, 0.05) is 36.3 Å². The highest BCUT2D eigenvalue weighted by Crippen LogP contribution is 2.31. The van der Waals surface area contributed by atoms with Crippen molar-refractivity contribution in [3.63, 3.8) is 0 Å². The number of fused-ring (bicyclic) bond motifs is 1. The fourth-order valence-corrected chi connectivity index (χ4v) is 3.86. The molecule has 1 N–H and O–H groups in total.